The second-order valence-electron chi connectivity index (χ2n) is 6.68. The van der Waals surface area contributed by atoms with Crippen LogP contribution in [0.3, 0.4) is 0 Å². The third-order valence-corrected chi connectivity index (χ3v) is 6.84. The van der Waals surface area contributed by atoms with Crippen molar-refractivity contribution in [3.05, 3.63) is 65.7 Å². The van der Waals surface area contributed by atoms with Crippen LogP contribution >= 0.6 is 12.2 Å². The van der Waals surface area contributed by atoms with Gasteiger partial charge in [0.2, 0.25) is 0 Å². The van der Waals surface area contributed by atoms with Gasteiger partial charge < -0.3 is 15.0 Å². The van der Waals surface area contributed by atoms with Crippen LogP contribution < -0.4 is 10.1 Å². The van der Waals surface area contributed by atoms with Crippen molar-refractivity contribution in [2.45, 2.75) is 25.6 Å². The smallest absolute Gasteiger partial charge is 0.169 e. The lowest BCUT2D eigenvalue weighted by Crippen LogP contribution is -2.45. The first-order valence-electron chi connectivity index (χ1n) is 8.88. The number of ether oxygens (including phenoxy) is 1. The molecule has 5 nitrogen and oxygen atoms in total. The standard InChI is InChI=1S/C20H24N2O3S2/c1-25-19-9-7-16(8-10-19)13-21-20(26)22(14-17-5-3-2-4-6-17)18-11-12-27(23,24)15-18/h2-10,18H,11-15H2,1H3,(H,21,26)/t18-/m1/s1. The van der Waals surface area contributed by atoms with Crippen molar-refractivity contribution in [3.63, 3.8) is 0 Å². The molecular formula is C20H24N2O3S2. The molecule has 1 fully saturated rings. The van der Waals surface area contributed by atoms with Crippen LogP contribution in [0.2, 0.25) is 0 Å². The number of sulfone groups is 1. The molecule has 0 radical (unpaired) electrons. The van der Waals surface area contributed by atoms with Crippen molar-refractivity contribution >= 4 is 27.2 Å². The van der Waals surface area contributed by atoms with Crippen molar-refractivity contribution in [2.75, 3.05) is 18.6 Å². The predicted molar refractivity (Wildman–Crippen MR) is 111 cm³/mol. The predicted octanol–water partition coefficient (Wildman–Crippen LogP) is 2.76. The van der Waals surface area contributed by atoms with Gasteiger partial charge in [-0.1, -0.05) is 42.5 Å². The van der Waals surface area contributed by atoms with Crippen molar-refractivity contribution in [1.82, 2.24) is 10.2 Å². The summed E-state index contributed by atoms with van der Waals surface area (Å²) in [6, 6.07) is 17.7. The molecule has 0 aliphatic carbocycles. The quantitative estimate of drug-likeness (QED) is 0.747. The Balaban J connectivity index is 1.69. The molecule has 0 amide bonds. The number of nitrogens with one attached hydrogen (secondary N) is 1. The van der Waals surface area contributed by atoms with Crippen LogP contribution in [0.15, 0.2) is 54.6 Å². The molecule has 27 heavy (non-hydrogen) atoms. The lowest BCUT2D eigenvalue weighted by molar-refractivity contribution is 0.322. The number of hydrogen-bond donors (Lipinski definition) is 1. The molecule has 0 unspecified atom stereocenters. The maximum absolute atomic E-state index is 12.0. The van der Waals surface area contributed by atoms with E-state index in [9.17, 15) is 8.42 Å². The molecule has 0 aromatic heterocycles. The van der Waals surface area contributed by atoms with E-state index in [1.807, 2.05) is 59.5 Å². The molecule has 1 saturated heterocycles. The van der Waals surface area contributed by atoms with Crippen LogP contribution in [-0.2, 0) is 22.9 Å². The Kier molecular flexibility index (Phi) is 6.34. The minimum absolute atomic E-state index is 0.0916. The normalized spacial score (nSPS) is 18.0. The van der Waals surface area contributed by atoms with Gasteiger partial charge in [0, 0.05) is 19.1 Å². The van der Waals surface area contributed by atoms with Crippen LogP contribution in [0.25, 0.3) is 0 Å². The molecule has 1 N–H and O–H groups in total. The number of thiocarbonyl (C=S) groups is 1. The van der Waals surface area contributed by atoms with Gasteiger partial charge in [-0.25, -0.2) is 8.42 Å². The minimum atomic E-state index is -2.98. The average Bonchev–Trinajstić information content (AvgIpc) is 3.05. The molecule has 0 saturated carbocycles. The van der Waals surface area contributed by atoms with Crippen LogP contribution in [0.4, 0.5) is 0 Å². The number of nitrogens with zero attached hydrogens (tertiary/aromatic N) is 1. The lowest BCUT2D eigenvalue weighted by Gasteiger charge is -2.31. The summed E-state index contributed by atoms with van der Waals surface area (Å²) in [5.74, 6) is 1.19. The molecule has 3 rings (SSSR count). The molecule has 1 aliphatic heterocycles. The van der Waals surface area contributed by atoms with E-state index >= 15 is 0 Å². The summed E-state index contributed by atoms with van der Waals surface area (Å²) in [5, 5.41) is 3.86. The van der Waals surface area contributed by atoms with Gasteiger partial charge in [-0.05, 0) is 41.9 Å². The van der Waals surface area contributed by atoms with E-state index in [0.29, 0.717) is 24.6 Å². The summed E-state index contributed by atoms with van der Waals surface area (Å²) in [5.41, 5.74) is 2.19. The van der Waals surface area contributed by atoms with E-state index in [2.05, 4.69) is 5.32 Å². The monoisotopic (exact) mass is 404 g/mol. The Hall–Kier alpha value is -2.12. The van der Waals surface area contributed by atoms with E-state index in [1.54, 1.807) is 7.11 Å². The lowest BCUT2D eigenvalue weighted by atomic mass is 10.1. The number of methoxy groups -OCH3 is 1. The Morgan fingerprint density at radius 2 is 1.85 bits per heavy atom. The van der Waals surface area contributed by atoms with Gasteiger partial charge in [0.05, 0.1) is 18.6 Å². The topological polar surface area (TPSA) is 58.6 Å². The first-order valence-corrected chi connectivity index (χ1v) is 11.1. The van der Waals surface area contributed by atoms with Crippen LogP contribution in [0.5, 0.6) is 5.75 Å². The van der Waals surface area contributed by atoms with Gasteiger partial charge in [-0.2, -0.15) is 0 Å². The van der Waals surface area contributed by atoms with Crippen LogP contribution in [0, 0.1) is 0 Å². The van der Waals surface area contributed by atoms with E-state index in [4.69, 9.17) is 17.0 Å². The molecule has 1 heterocycles. The third kappa shape index (κ3) is 5.43. The fraction of sp³-hybridized carbons (Fsp3) is 0.350. The molecule has 144 valence electrons. The Morgan fingerprint density at radius 3 is 2.44 bits per heavy atom. The van der Waals surface area contributed by atoms with Gasteiger partial charge in [0.1, 0.15) is 5.75 Å². The van der Waals surface area contributed by atoms with Gasteiger partial charge in [-0.3, -0.25) is 0 Å². The highest BCUT2D eigenvalue weighted by molar-refractivity contribution is 7.91. The molecule has 1 atom stereocenters. The Labute approximate surface area is 166 Å². The van der Waals surface area contributed by atoms with E-state index in [1.165, 1.54) is 0 Å². The first kappa shape index (κ1) is 19.6. The largest absolute Gasteiger partial charge is 0.497 e. The SMILES string of the molecule is COc1ccc(CNC(=S)N(Cc2ccccc2)[C@@H]2CCS(=O)(=O)C2)cc1. The summed E-state index contributed by atoms with van der Waals surface area (Å²) < 4.78 is 29.1. The van der Waals surface area contributed by atoms with Crippen molar-refractivity contribution in [2.24, 2.45) is 0 Å². The molecule has 0 spiro atoms. The maximum Gasteiger partial charge on any atom is 0.169 e. The number of benzene rings is 2. The van der Waals surface area contributed by atoms with Gasteiger partial charge in [-0.15, -0.1) is 0 Å². The summed E-state index contributed by atoms with van der Waals surface area (Å²) in [7, 11) is -1.35. The third-order valence-electron chi connectivity index (χ3n) is 4.71. The molecule has 7 heteroatoms. The zero-order chi connectivity index (χ0) is 19.3. The zero-order valence-corrected chi connectivity index (χ0v) is 16.9. The second kappa shape index (κ2) is 8.71. The van der Waals surface area contributed by atoms with Crippen LogP contribution in [0.1, 0.15) is 17.5 Å². The second-order valence-corrected chi connectivity index (χ2v) is 9.29. The fourth-order valence-corrected chi connectivity index (χ4v) is 5.21. The number of rotatable bonds is 6. The van der Waals surface area contributed by atoms with Gasteiger partial charge in [0.15, 0.2) is 14.9 Å². The molecule has 1 aliphatic rings. The zero-order valence-electron chi connectivity index (χ0n) is 15.3. The Morgan fingerprint density at radius 1 is 1.15 bits per heavy atom. The van der Waals surface area contributed by atoms with Crippen LogP contribution in [-0.4, -0.2) is 43.1 Å². The maximum atomic E-state index is 12.0. The summed E-state index contributed by atoms with van der Waals surface area (Å²) in [6.07, 6.45) is 0.611. The number of hydrogen-bond acceptors (Lipinski definition) is 4. The van der Waals surface area contributed by atoms with E-state index in [0.717, 1.165) is 16.9 Å². The molecule has 0 bridgehead atoms. The highest BCUT2D eigenvalue weighted by Gasteiger charge is 2.33. The first-order chi connectivity index (χ1) is 13.0. The highest BCUT2D eigenvalue weighted by Crippen LogP contribution is 2.20. The minimum Gasteiger partial charge on any atom is -0.497 e. The van der Waals surface area contributed by atoms with Crippen molar-refractivity contribution < 1.29 is 13.2 Å². The molecule has 2 aromatic carbocycles. The molecular weight excluding hydrogens is 380 g/mol. The summed E-state index contributed by atoms with van der Waals surface area (Å²) in [6.45, 7) is 1.17. The summed E-state index contributed by atoms with van der Waals surface area (Å²) in [4.78, 5) is 2.01. The average molecular weight is 405 g/mol. The molecule has 2 aromatic rings. The van der Waals surface area contributed by atoms with Crippen molar-refractivity contribution in [3.8, 4) is 5.75 Å². The van der Waals surface area contributed by atoms with Crippen molar-refractivity contribution in [1.29, 1.82) is 0 Å². The highest BCUT2D eigenvalue weighted by atomic mass is 32.2. The van der Waals surface area contributed by atoms with E-state index < -0.39 is 9.84 Å². The summed E-state index contributed by atoms with van der Waals surface area (Å²) >= 11 is 5.63. The Bertz CT molecular complexity index is 868. The fourth-order valence-electron chi connectivity index (χ4n) is 3.19. The van der Waals surface area contributed by atoms with Gasteiger partial charge in [0.25, 0.3) is 0 Å². The van der Waals surface area contributed by atoms with E-state index in [-0.39, 0.29) is 17.5 Å². The van der Waals surface area contributed by atoms with Gasteiger partial charge >= 0.3 is 0 Å².